The van der Waals surface area contributed by atoms with Gasteiger partial charge >= 0.3 is 12.3 Å². The van der Waals surface area contributed by atoms with E-state index < -0.39 is 47.3 Å². The van der Waals surface area contributed by atoms with Gasteiger partial charge in [0.1, 0.15) is 11.4 Å². The van der Waals surface area contributed by atoms with E-state index in [1.807, 2.05) is 18.2 Å². The van der Waals surface area contributed by atoms with Crippen LogP contribution in [0.1, 0.15) is 69.6 Å². The van der Waals surface area contributed by atoms with Crippen LogP contribution in [0.15, 0.2) is 54.7 Å². The fourth-order valence-corrected chi connectivity index (χ4v) is 4.20. The number of anilines is 2. The van der Waals surface area contributed by atoms with Crippen molar-refractivity contribution < 1.29 is 37.0 Å². The molecule has 2 N–H and O–H groups in total. The molecule has 0 aliphatic heterocycles. The third-order valence-corrected chi connectivity index (χ3v) is 5.91. The second-order valence-corrected chi connectivity index (χ2v) is 11.3. The first-order chi connectivity index (χ1) is 20.1. The molecule has 0 bridgehead atoms. The molecule has 3 aromatic rings. The van der Waals surface area contributed by atoms with Crippen LogP contribution in [-0.2, 0) is 22.1 Å². The Hall–Kier alpha value is -4.41. The maximum atomic E-state index is 13.8. The van der Waals surface area contributed by atoms with Crippen LogP contribution >= 0.6 is 0 Å². The number of pyridine rings is 1. The summed E-state index contributed by atoms with van der Waals surface area (Å²) in [6, 6.07) is 12.1. The normalized spacial score (nSPS) is 11.7. The van der Waals surface area contributed by atoms with Gasteiger partial charge in [0.2, 0.25) is 5.91 Å². The van der Waals surface area contributed by atoms with E-state index in [1.165, 1.54) is 6.92 Å². The minimum Gasteiger partial charge on any atom is -0.493 e. The molecule has 0 aliphatic rings. The van der Waals surface area contributed by atoms with Gasteiger partial charge in [-0.2, -0.15) is 13.2 Å². The van der Waals surface area contributed by atoms with Crippen LogP contribution in [0.4, 0.5) is 29.3 Å². The molecule has 2 amide bonds. The fourth-order valence-electron chi connectivity index (χ4n) is 4.20. The molecule has 0 unspecified atom stereocenters. The van der Waals surface area contributed by atoms with Crippen molar-refractivity contribution in [2.75, 3.05) is 17.2 Å². The van der Waals surface area contributed by atoms with E-state index in [-0.39, 0.29) is 23.5 Å². The summed E-state index contributed by atoms with van der Waals surface area (Å²) < 4.78 is 51.9. The number of halogens is 3. The van der Waals surface area contributed by atoms with Crippen molar-refractivity contribution in [2.24, 2.45) is 5.92 Å². The Kier molecular flexibility index (Phi) is 10.6. The molecule has 8 nitrogen and oxygen atoms in total. The lowest BCUT2D eigenvalue weighted by Gasteiger charge is -2.22. The second-order valence-electron chi connectivity index (χ2n) is 11.3. The highest BCUT2D eigenvalue weighted by Crippen LogP contribution is 2.41. The Balaban J connectivity index is 1.86. The molecule has 0 saturated heterocycles. The summed E-state index contributed by atoms with van der Waals surface area (Å²) in [4.78, 5) is 42.8. The standard InChI is InChI=1S/C32H36F3N3O5/c1-7-42-28-17-26(38-30(41)43-31(4,5)6)25(16-24(28)32(33,34)35)37-29(40)18-27(39)22-10-8-9-20(14-22)21-11-12-36-23(15-21)13-19(2)3/h8-12,14-17,19H,7,13,18H2,1-6H3,(H,37,40)(H,38,41). The van der Waals surface area contributed by atoms with Crippen molar-refractivity contribution in [1.29, 1.82) is 0 Å². The summed E-state index contributed by atoms with van der Waals surface area (Å²) >= 11 is 0. The first-order valence-corrected chi connectivity index (χ1v) is 13.8. The van der Waals surface area contributed by atoms with Crippen molar-refractivity contribution in [3.63, 3.8) is 0 Å². The third-order valence-electron chi connectivity index (χ3n) is 5.91. The quantitative estimate of drug-likeness (QED) is 0.181. The van der Waals surface area contributed by atoms with Crippen molar-refractivity contribution in [2.45, 2.75) is 66.2 Å². The lowest BCUT2D eigenvalue weighted by Crippen LogP contribution is -2.28. The van der Waals surface area contributed by atoms with Gasteiger partial charge in [0.05, 0.1) is 30.0 Å². The zero-order chi connectivity index (χ0) is 31.9. The van der Waals surface area contributed by atoms with Crippen LogP contribution in [0, 0.1) is 5.92 Å². The van der Waals surface area contributed by atoms with Crippen LogP contribution in [0.5, 0.6) is 5.75 Å². The highest BCUT2D eigenvalue weighted by Gasteiger charge is 2.36. The van der Waals surface area contributed by atoms with Gasteiger partial charge in [-0.1, -0.05) is 32.0 Å². The SMILES string of the molecule is CCOc1cc(NC(=O)OC(C)(C)C)c(NC(=O)CC(=O)c2cccc(-c3ccnc(CC(C)C)c3)c2)cc1C(F)(F)F. The summed E-state index contributed by atoms with van der Waals surface area (Å²) in [5.74, 6) is -1.54. The Bertz CT molecular complexity index is 1480. The number of carbonyl (C=O) groups is 3. The zero-order valence-corrected chi connectivity index (χ0v) is 25.0. The molecule has 0 aliphatic carbocycles. The zero-order valence-electron chi connectivity index (χ0n) is 25.0. The van der Waals surface area contributed by atoms with Crippen molar-refractivity contribution in [1.82, 2.24) is 4.98 Å². The van der Waals surface area contributed by atoms with Crippen molar-refractivity contribution in [3.8, 4) is 16.9 Å². The molecular weight excluding hydrogens is 563 g/mol. The van der Waals surface area contributed by atoms with Gasteiger partial charge in [-0.3, -0.25) is 19.9 Å². The predicted molar refractivity (Wildman–Crippen MR) is 158 cm³/mol. The molecule has 11 heteroatoms. The molecule has 1 heterocycles. The molecule has 0 atom stereocenters. The fraction of sp³-hybridized carbons (Fsp3) is 0.375. The number of benzene rings is 2. The molecule has 43 heavy (non-hydrogen) atoms. The minimum atomic E-state index is -4.83. The third kappa shape index (κ3) is 9.83. The van der Waals surface area contributed by atoms with Crippen LogP contribution in [-0.4, -0.2) is 35.0 Å². The molecule has 0 fully saturated rings. The molecule has 0 radical (unpaired) electrons. The highest BCUT2D eigenvalue weighted by molar-refractivity contribution is 6.12. The maximum absolute atomic E-state index is 13.8. The number of Topliss-reactive ketones (excluding diaryl/α,β-unsaturated/α-hetero) is 1. The van der Waals surface area contributed by atoms with E-state index >= 15 is 0 Å². The average Bonchev–Trinajstić information content (AvgIpc) is 2.88. The smallest absolute Gasteiger partial charge is 0.420 e. The number of hydrogen-bond acceptors (Lipinski definition) is 6. The molecule has 2 aromatic carbocycles. The Morgan fingerprint density at radius 2 is 1.60 bits per heavy atom. The average molecular weight is 600 g/mol. The monoisotopic (exact) mass is 599 g/mol. The van der Waals surface area contributed by atoms with Crippen LogP contribution in [0.2, 0.25) is 0 Å². The number of amides is 2. The van der Waals surface area contributed by atoms with E-state index in [0.29, 0.717) is 12.0 Å². The lowest BCUT2D eigenvalue weighted by atomic mass is 9.99. The molecule has 1 aromatic heterocycles. The first kappa shape index (κ1) is 33.1. The minimum absolute atomic E-state index is 0.0766. The first-order valence-electron chi connectivity index (χ1n) is 13.8. The van der Waals surface area contributed by atoms with Gasteiger partial charge in [0, 0.05) is 23.5 Å². The summed E-state index contributed by atoms with van der Waals surface area (Å²) in [7, 11) is 0. The molecular formula is C32H36F3N3O5. The van der Waals surface area contributed by atoms with E-state index in [9.17, 15) is 27.6 Å². The Morgan fingerprint density at radius 1 is 0.930 bits per heavy atom. The number of ketones is 1. The van der Waals surface area contributed by atoms with E-state index in [0.717, 1.165) is 29.3 Å². The Morgan fingerprint density at radius 3 is 2.23 bits per heavy atom. The van der Waals surface area contributed by atoms with Gasteiger partial charge in [-0.05, 0) is 75.4 Å². The van der Waals surface area contributed by atoms with Crippen LogP contribution in [0.3, 0.4) is 0 Å². The lowest BCUT2D eigenvalue weighted by molar-refractivity contribution is -0.138. The largest absolute Gasteiger partial charge is 0.493 e. The van der Waals surface area contributed by atoms with Gasteiger partial charge in [0.25, 0.3) is 0 Å². The van der Waals surface area contributed by atoms with Gasteiger partial charge in [-0.25, -0.2) is 4.79 Å². The highest BCUT2D eigenvalue weighted by atomic mass is 19.4. The molecule has 230 valence electrons. The maximum Gasteiger partial charge on any atom is 0.420 e. The summed E-state index contributed by atoms with van der Waals surface area (Å²) in [5.41, 5.74) is 0.159. The summed E-state index contributed by atoms with van der Waals surface area (Å²) in [6.45, 7) is 10.5. The van der Waals surface area contributed by atoms with Crippen molar-refractivity contribution >= 4 is 29.2 Å². The van der Waals surface area contributed by atoms with E-state index in [2.05, 4.69) is 29.5 Å². The molecule has 0 saturated carbocycles. The number of nitrogens with zero attached hydrogens (tertiary/aromatic N) is 1. The number of aromatic nitrogens is 1. The Labute approximate surface area is 249 Å². The van der Waals surface area contributed by atoms with E-state index in [4.69, 9.17) is 9.47 Å². The number of hydrogen-bond donors (Lipinski definition) is 2. The van der Waals surface area contributed by atoms with Gasteiger partial charge < -0.3 is 14.8 Å². The number of ether oxygens (including phenoxy) is 2. The molecule has 3 rings (SSSR count). The summed E-state index contributed by atoms with van der Waals surface area (Å²) in [6.07, 6.45) is -3.94. The molecule has 0 spiro atoms. The number of rotatable bonds is 10. The van der Waals surface area contributed by atoms with Crippen molar-refractivity contribution in [3.05, 3.63) is 71.5 Å². The topological polar surface area (TPSA) is 107 Å². The number of carbonyl (C=O) groups excluding carboxylic acids is 3. The van der Waals surface area contributed by atoms with E-state index in [1.54, 1.807) is 45.2 Å². The summed E-state index contributed by atoms with van der Waals surface area (Å²) in [5, 5.41) is 4.70. The number of alkyl halides is 3. The second kappa shape index (κ2) is 13.7. The van der Waals surface area contributed by atoms with Crippen LogP contribution in [0.25, 0.3) is 11.1 Å². The predicted octanol–water partition coefficient (Wildman–Crippen LogP) is 7.92. The van der Waals surface area contributed by atoms with Crippen LogP contribution < -0.4 is 15.4 Å². The van der Waals surface area contributed by atoms with Gasteiger partial charge in [0.15, 0.2) is 5.78 Å². The van der Waals surface area contributed by atoms with Gasteiger partial charge in [-0.15, -0.1) is 0 Å². The number of nitrogens with one attached hydrogen (secondary N) is 2.